The molecule has 8 bridgehead atoms. The normalized spacial score (nSPS) is 17.1. The highest BCUT2D eigenvalue weighted by molar-refractivity contribution is 6.08. The fourth-order valence-electron chi connectivity index (χ4n) is 6.98. The van der Waals surface area contributed by atoms with Crippen molar-refractivity contribution in [1.82, 2.24) is 19.9 Å². The minimum absolute atomic E-state index is 0.346. The number of nitrogens with one attached hydrogen (secondary N) is 2. The number of carbonyl (C=O) groups is 2. The number of benzene rings is 2. The molecule has 8 heteroatoms. The predicted octanol–water partition coefficient (Wildman–Crippen LogP) is 7.45. The van der Waals surface area contributed by atoms with Gasteiger partial charge in [0.2, 0.25) is 11.6 Å². The summed E-state index contributed by atoms with van der Waals surface area (Å²) >= 11 is 0. The number of H-pyrrole nitrogens is 2. The molecule has 4 aliphatic rings. The standard InChI is InChI=1S/C44H28N4O4/c49-37-21-11-27(23-39(37)51)43-33-17-13-29(45-33)41(25-7-3-1-4-8-25)30-14-18-34(46-30)44(28-12-22-38(50)40(52)24-28)36-20-16-32(48-36)42(26-9-5-2-6-10-26)31-15-19-35(43)47-31/h1-24,45,48,51-52H/b41-30?,42-31?,43-27-,44-28+. The topological polar surface area (TPSA) is 132 Å². The highest BCUT2D eigenvalue weighted by Crippen LogP contribution is 2.32. The Labute approximate surface area is 296 Å². The highest BCUT2D eigenvalue weighted by Gasteiger charge is 2.18. The second-order valence-corrected chi connectivity index (χ2v) is 12.6. The second-order valence-electron chi connectivity index (χ2n) is 12.6. The lowest BCUT2D eigenvalue weighted by atomic mass is 10.0. The summed E-state index contributed by atoms with van der Waals surface area (Å²) in [6.45, 7) is 0. The van der Waals surface area contributed by atoms with Gasteiger partial charge >= 0.3 is 0 Å². The number of carbonyl (C=O) groups excluding carboxylic acids is 2. The fraction of sp³-hybridized carbons (Fsp3) is 0. The third-order valence-electron chi connectivity index (χ3n) is 9.37. The molecule has 0 fully saturated rings. The van der Waals surface area contributed by atoms with E-state index in [0.717, 1.165) is 44.3 Å². The Morgan fingerprint density at radius 3 is 1.21 bits per heavy atom. The van der Waals surface area contributed by atoms with E-state index in [-0.39, 0.29) is 11.5 Å². The zero-order valence-electron chi connectivity index (χ0n) is 27.5. The smallest absolute Gasteiger partial charge is 0.220 e. The van der Waals surface area contributed by atoms with Crippen LogP contribution in [-0.4, -0.2) is 41.7 Å². The average Bonchev–Trinajstić information content (AvgIpc) is 4.00. The van der Waals surface area contributed by atoms with Gasteiger partial charge < -0.3 is 20.2 Å². The number of hydrogen-bond acceptors (Lipinski definition) is 6. The number of aromatic amines is 2. The van der Waals surface area contributed by atoms with Crippen molar-refractivity contribution >= 4 is 69.1 Å². The van der Waals surface area contributed by atoms with Crippen LogP contribution < -0.4 is 10.4 Å². The van der Waals surface area contributed by atoms with Crippen LogP contribution in [0.5, 0.6) is 0 Å². The van der Waals surface area contributed by atoms with E-state index < -0.39 is 11.6 Å². The summed E-state index contributed by atoms with van der Waals surface area (Å²) in [6.07, 6.45) is 16.9. The zero-order valence-corrected chi connectivity index (χ0v) is 27.5. The maximum atomic E-state index is 12.3. The van der Waals surface area contributed by atoms with Gasteiger partial charge in [-0.1, -0.05) is 72.8 Å². The Bertz CT molecular complexity index is 2680. The van der Waals surface area contributed by atoms with Crippen LogP contribution >= 0.6 is 0 Å². The van der Waals surface area contributed by atoms with Crippen molar-refractivity contribution in [3.8, 4) is 22.3 Å². The lowest BCUT2D eigenvalue weighted by Crippen LogP contribution is -2.13. The first-order valence-electron chi connectivity index (χ1n) is 16.7. The number of aliphatic hydroxyl groups is 2. The average molecular weight is 677 g/mol. The van der Waals surface area contributed by atoms with E-state index >= 15 is 0 Å². The molecule has 3 aromatic heterocycles. The number of aliphatic hydroxyl groups excluding tert-OH is 2. The number of ketones is 2. The molecule has 0 radical (unpaired) electrons. The van der Waals surface area contributed by atoms with Crippen LogP contribution in [0.15, 0.2) is 133 Å². The van der Waals surface area contributed by atoms with Gasteiger partial charge in [0.05, 0.1) is 22.8 Å². The number of aromatic nitrogens is 4. The third-order valence-corrected chi connectivity index (χ3v) is 9.37. The lowest BCUT2D eigenvalue weighted by Gasteiger charge is -2.06. The molecule has 2 aliphatic carbocycles. The molecule has 0 unspecified atom stereocenters. The molecule has 0 atom stereocenters. The van der Waals surface area contributed by atoms with Crippen LogP contribution in [0.4, 0.5) is 0 Å². The quantitative estimate of drug-likeness (QED) is 0.150. The van der Waals surface area contributed by atoms with Crippen molar-refractivity contribution in [2.75, 3.05) is 0 Å². The number of nitrogens with zero attached hydrogens (tertiary/aromatic N) is 2. The first-order valence-corrected chi connectivity index (χ1v) is 16.7. The fourth-order valence-corrected chi connectivity index (χ4v) is 6.98. The number of fused-ring (bicyclic) bond motifs is 8. The van der Waals surface area contributed by atoms with Gasteiger partial charge in [0.15, 0.2) is 11.5 Å². The summed E-state index contributed by atoms with van der Waals surface area (Å²) in [5, 5.41) is 22.5. The van der Waals surface area contributed by atoms with Gasteiger partial charge in [0, 0.05) is 43.6 Å². The molecule has 9 rings (SSSR count). The van der Waals surface area contributed by atoms with E-state index in [1.54, 1.807) is 12.2 Å². The Morgan fingerprint density at radius 2 is 0.808 bits per heavy atom. The van der Waals surface area contributed by atoms with Gasteiger partial charge in [-0.3, -0.25) is 9.59 Å². The minimum Gasteiger partial charge on any atom is -0.504 e. The Morgan fingerprint density at radius 1 is 0.423 bits per heavy atom. The van der Waals surface area contributed by atoms with E-state index in [0.29, 0.717) is 44.4 Å². The van der Waals surface area contributed by atoms with Crippen LogP contribution in [0.25, 0.3) is 79.8 Å². The van der Waals surface area contributed by atoms with E-state index in [2.05, 4.69) is 9.97 Å². The summed E-state index contributed by atoms with van der Waals surface area (Å²) in [7, 11) is 0. The van der Waals surface area contributed by atoms with Gasteiger partial charge in [-0.25, -0.2) is 9.97 Å². The van der Waals surface area contributed by atoms with E-state index in [9.17, 15) is 19.8 Å². The summed E-state index contributed by atoms with van der Waals surface area (Å²) in [4.78, 5) is 42.2. The molecule has 0 spiro atoms. The van der Waals surface area contributed by atoms with Crippen molar-refractivity contribution in [2.24, 2.45) is 0 Å². The zero-order chi connectivity index (χ0) is 35.3. The van der Waals surface area contributed by atoms with Gasteiger partial charge in [-0.05, 0) is 95.1 Å². The molecule has 4 N–H and O–H groups in total. The number of rotatable bonds is 2. The van der Waals surface area contributed by atoms with Crippen LogP contribution in [0.3, 0.4) is 0 Å². The summed E-state index contributed by atoms with van der Waals surface area (Å²) < 4.78 is 0. The van der Waals surface area contributed by atoms with E-state index in [4.69, 9.17) is 9.97 Å². The predicted molar refractivity (Wildman–Crippen MR) is 206 cm³/mol. The Kier molecular flexibility index (Phi) is 7.22. The molecule has 0 saturated heterocycles. The number of allylic oxidation sites excluding steroid dienone is 6. The molecule has 248 valence electrons. The van der Waals surface area contributed by atoms with Crippen molar-refractivity contribution < 1.29 is 19.8 Å². The highest BCUT2D eigenvalue weighted by atomic mass is 16.3. The number of hydrogen-bond donors (Lipinski definition) is 4. The van der Waals surface area contributed by atoms with E-state index in [1.807, 2.05) is 109 Å². The molecule has 2 aromatic carbocycles. The molecule has 52 heavy (non-hydrogen) atoms. The SMILES string of the molecule is O=C1C=C/C(=c2/c3nc(c(-c4ccccc4)c4ccc([nH]4)/c(=C4\C=CC(=O)C(O)=C4)c4nc(c(-c5ccccc5)c5ccc2[nH]5)C=C4)C=C3)C=C1O. The molecular weight excluding hydrogens is 649 g/mol. The lowest BCUT2D eigenvalue weighted by molar-refractivity contribution is -0.114. The van der Waals surface area contributed by atoms with Gasteiger partial charge in [-0.2, -0.15) is 0 Å². The van der Waals surface area contributed by atoms with Gasteiger partial charge in [0.25, 0.3) is 0 Å². The molecule has 5 aromatic rings. The minimum atomic E-state index is -0.462. The molecular formula is C44H28N4O4. The van der Waals surface area contributed by atoms with Crippen LogP contribution in [0.2, 0.25) is 0 Å². The van der Waals surface area contributed by atoms with Crippen molar-refractivity contribution in [1.29, 1.82) is 0 Å². The summed E-state index contributed by atoms with van der Waals surface area (Å²) in [5.41, 5.74) is 10.6. The maximum absolute atomic E-state index is 12.3. The maximum Gasteiger partial charge on any atom is 0.220 e. The molecule has 0 saturated carbocycles. The largest absolute Gasteiger partial charge is 0.504 e. The molecule has 0 amide bonds. The van der Waals surface area contributed by atoms with Crippen molar-refractivity contribution in [2.45, 2.75) is 0 Å². The molecule has 2 aliphatic heterocycles. The summed E-state index contributed by atoms with van der Waals surface area (Å²) in [6, 6.07) is 27.8. The Hall–Kier alpha value is -7.32. The van der Waals surface area contributed by atoms with Crippen molar-refractivity contribution in [3.05, 3.63) is 166 Å². The monoisotopic (exact) mass is 676 g/mol. The van der Waals surface area contributed by atoms with Gasteiger partial charge in [-0.15, -0.1) is 0 Å². The van der Waals surface area contributed by atoms with Gasteiger partial charge in [0.1, 0.15) is 0 Å². The third kappa shape index (κ3) is 5.26. The van der Waals surface area contributed by atoms with Crippen LogP contribution in [0, 0.1) is 0 Å². The Balaban J connectivity index is 1.52. The van der Waals surface area contributed by atoms with Crippen LogP contribution in [-0.2, 0) is 9.59 Å². The second kappa shape index (κ2) is 12.2. The summed E-state index contributed by atoms with van der Waals surface area (Å²) in [5.74, 6) is -1.62. The van der Waals surface area contributed by atoms with E-state index in [1.165, 1.54) is 24.3 Å². The van der Waals surface area contributed by atoms with Crippen molar-refractivity contribution in [3.63, 3.8) is 0 Å². The molecule has 8 nitrogen and oxygen atoms in total. The first-order chi connectivity index (χ1) is 25.4. The first kappa shape index (κ1) is 30.7. The van der Waals surface area contributed by atoms with Crippen LogP contribution in [0.1, 0.15) is 22.8 Å². The molecule has 5 heterocycles.